The van der Waals surface area contributed by atoms with Crippen LogP contribution in [0.4, 0.5) is 5.69 Å². The van der Waals surface area contributed by atoms with Gasteiger partial charge in [0, 0.05) is 29.2 Å². The molecule has 1 aliphatic rings. The molecule has 4 nitrogen and oxygen atoms in total. The van der Waals surface area contributed by atoms with Crippen molar-refractivity contribution < 1.29 is 0 Å². The maximum Gasteiger partial charge on any atom is 0.0867 e. The highest BCUT2D eigenvalue weighted by Crippen LogP contribution is 2.32. The molecule has 0 atom stereocenters. The zero-order valence-electron chi connectivity index (χ0n) is 24.7. The Hall–Kier alpha value is -6.13. The van der Waals surface area contributed by atoms with E-state index in [1.807, 2.05) is 103 Å². The summed E-state index contributed by atoms with van der Waals surface area (Å²) in [5, 5.41) is 17.0. The second kappa shape index (κ2) is 13.4. The average Bonchev–Trinajstić information content (AvgIpc) is 3.11. The fourth-order valence-electron chi connectivity index (χ4n) is 5.29. The third kappa shape index (κ3) is 6.93. The molecule has 1 heterocycles. The first-order valence-corrected chi connectivity index (χ1v) is 14.7. The van der Waals surface area contributed by atoms with Gasteiger partial charge in [0.05, 0.1) is 11.4 Å². The normalized spacial score (nSPS) is 12.4. The van der Waals surface area contributed by atoms with Gasteiger partial charge >= 0.3 is 0 Å². The molecule has 45 heavy (non-hydrogen) atoms. The molecular formula is C41H32N4. The Bertz CT molecular complexity index is 2030. The van der Waals surface area contributed by atoms with Crippen molar-refractivity contribution >= 4 is 28.3 Å². The van der Waals surface area contributed by atoms with Crippen molar-refractivity contribution in [1.82, 2.24) is 4.98 Å². The zero-order chi connectivity index (χ0) is 31.0. The summed E-state index contributed by atoms with van der Waals surface area (Å²) >= 11 is 0. The standard InChI is InChI=1S/C30H22N2.C11H10N2/c31-29-20-27(25-15-7-13-23(17-25)21-9-3-1-4-10-21)19-28(30(29)32)26-16-8-14-24(18-26)22-11-5-2-6-12-22;12-11-5-1-3-9(7-11)10-4-2-6-13-8-10/h1-20,31-32H;1-8H,12H2. The van der Waals surface area contributed by atoms with E-state index in [4.69, 9.17) is 16.6 Å². The van der Waals surface area contributed by atoms with Gasteiger partial charge in [0.2, 0.25) is 0 Å². The molecule has 7 rings (SSSR count). The molecule has 4 heteroatoms. The van der Waals surface area contributed by atoms with Crippen LogP contribution in [-0.4, -0.2) is 16.4 Å². The maximum atomic E-state index is 8.56. The van der Waals surface area contributed by atoms with Gasteiger partial charge in [-0.05, 0) is 87.0 Å². The second-order valence-corrected chi connectivity index (χ2v) is 10.7. The summed E-state index contributed by atoms with van der Waals surface area (Å²) in [6.45, 7) is 0. The molecule has 0 unspecified atom stereocenters. The minimum absolute atomic E-state index is 0.229. The number of nitrogens with two attached hydrogens (primary N) is 1. The molecule has 0 saturated heterocycles. The Morgan fingerprint density at radius 2 is 0.956 bits per heavy atom. The first-order chi connectivity index (χ1) is 22.0. The van der Waals surface area contributed by atoms with Crippen LogP contribution in [0.1, 0.15) is 11.1 Å². The second-order valence-electron chi connectivity index (χ2n) is 10.7. The zero-order valence-corrected chi connectivity index (χ0v) is 24.7. The largest absolute Gasteiger partial charge is 0.399 e. The van der Waals surface area contributed by atoms with Crippen molar-refractivity contribution in [2.75, 3.05) is 5.73 Å². The molecule has 0 amide bonds. The monoisotopic (exact) mass is 580 g/mol. The molecule has 0 spiro atoms. The summed E-state index contributed by atoms with van der Waals surface area (Å²) in [5.41, 5.74) is 17.4. The van der Waals surface area contributed by atoms with E-state index in [2.05, 4.69) is 59.6 Å². The van der Waals surface area contributed by atoms with Crippen LogP contribution in [0.2, 0.25) is 0 Å². The van der Waals surface area contributed by atoms with Gasteiger partial charge < -0.3 is 5.73 Å². The molecule has 4 N–H and O–H groups in total. The predicted octanol–water partition coefficient (Wildman–Crippen LogP) is 9.87. The number of hydrogen-bond donors (Lipinski definition) is 3. The Kier molecular flexibility index (Phi) is 8.66. The van der Waals surface area contributed by atoms with E-state index in [-0.39, 0.29) is 11.4 Å². The van der Waals surface area contributed by atoms with Crippen molar-refractivity contribution in [2.24, 2.45) is 0 Å². The quantitative estimate of drug-likeness (QED) is 0.140. The topological polar surface area (TPSA) is 86.6 Å². The lowest BCUT2D eigenvalue weighted by molar-refractivity contribution is 1.33. The summed E-state index contributed by atoms with van der Waals surface area (Å²) in [6.07, 6.45) is 7.41. The van der Waals surface area contributed by atoms with Crippen molar-refractivity contribution in [1.29, 1.82) is 10.8 Å². The van der Waals surface area contributed by atoms with Gasteiger partial charge in [-0.15, -0.1) is 0 Å². The molecule has 0 saturated carbocycles. The molecule has 0 fully saturated rings. The van der Waals surface area contributed by atoms with Crippen LogP contribution in [0.25, 0.3) is 44.5 Å². The highest BCUT2D eigenvalue weighted by Gasteiger charge is 2.19. The van der Waals surface area contributed by atoms with E-state index in [1.165, 1.54) is 0 Å². The van der Waals surface area contributed by atoms with E-state index in [9.17, 15) is 0 Å². The third-order valence-corrected chi connectivity index (χ3v) is 7.60. The molecule has 1 aromatic heterocycles. The molecule has 1 aliphatic carbocycles. The number of hydrogen-bond acceptors (Lipinski definition) is 4. The van der Waals surface area contributed by atoms with Gasteiger partial charge in [0.25, 0.3) is 0 Å². The summed E-state index contributed by atoms with van der Waals surface area (Å²) < 4.78 is 0. The van der Waals surface area contributed by atoms with E-state index < -0.39 is 0 Å². The summed E-state index contributed by atoms with van der Waals surface area (Å²) in [7, 11) is 0. The lowest BCUT2D eigenvalue weighted by Crippen LogP contribution is -2.15. The number of pyridine rings is 1. The number of rotatable bonds is 5. The molecule has 216 valence electrons. The fourth-order valence-corrected chi connectivity index (χ4v) is 5.29. The first-order valence-electron chi connectivity index (χ1n) is 14.7. The minimum atomic E-state index is 0.229. The molecule has 0 radical (unpaired) electrons. The highest BCUT2D eigenvalue weighted by atomic mass is 14.6. The Balaban J connectivity index is 0.000000229. The summed E-state index contributed by atoms with van der Waals surface area (Å²) in [4.78, 5) is 4.05. The molecule has 0 bridgehead atoms. The minimum Gasteiger partial charge on any atom is -0.399 e. The van der Waals surface area contributed by atoms with Crippen LogP contribution in [0.3, 0.4) is 0 Å². The highest BCUT2D eigenvalue weighted by molar-refractivity contribution is 6.61. The molecule has 5 aromatic carbocycles. The number of allylic oxidation sites excluding steroid dienone is 4. The van der Waals surface area contributed by atoms with Gasteiger partial charge in [-0.25, -0.2) is 0 Å². The van der Waals surface area contributed by atoms with E-state index >= 15 is 0 Å². The Morgan fingerprint density at radius 3 is 1.56 bits per heavy atom. The van der Waals surface area contributed by atoms with Gasteiger partial charge in [-0.2, -0.15) is 0 Å². The van der Waals surface area contributed by atoms with E-state index in [1.54, 1.807) is 12.3 Å². The fraction of sp³-hybridized carbons (Fsp3) is 0. The van der Waals surface area contributed by atoms with Gasteiger partial charge in [-0.3, -0.25) is 15.8 Å². The molecule has 0 aliphatic heterocycles. The van der Waals surface area contributed by atoms with Crippen LogP contribution in [0.5, 0.6) is 0 Å². The smallest absolute Gasteiger partial charge is 0.0867 e. The predicted molar refractivity (Wildman–Crippen MR) is 189 cm³/mol. The maximum absolute atomic E-state index is 8.56. The average molecular weight is 581 g/mol. The van der Waals surface area contributed by atoms with Crippen molar-refractivity contribution in [2.45, 2.75) is 0 Å². The number of nitrogens with one attached hydrogen (secondary N) is 2. The lowest BCUT2D eigenvalue weighted by atomic mass is 9.86. The van der Waals surface area contributed by atoms with E-state index in [0.717, 1.165) is 61.3 Å². The number of benzene rings is 5. The third-order valence-electron chi connectivity index (χ3n) is 7.60. The van der Waals surface area contributed by atoms with Crippen LogP contribution >= 0.6 is 0 Å². The number of nitrogens with zero attached hydrogens (tertiary/aromatic N) is 1. The van der Waals surface area contributed by atoms with E-state index in [0.29, 0.717) is 0 Å². The number of aromatic nitrogens is 1. The van der Waals surface area contributed by atoms with Gasteiger partial charge in [0.15, 0.2) is 0 Å². The SMILES string of the molecule is N=C1C=C(c2cccc(-c3ccccc3)c2)C=C(c2cccc(-c3ccccc3)c2)C1=N.Nc1cccc(-c2cccnc2)c1. The lowest BCUT2D eigenvalue weighted by Gasteiger charge is -2.18. The Labute approximate surface area is 263 Å². The van der Waals surface area contributed by atoms with Crippen LogP contribution < -0.4 is 5.73 Å². The number of anilines is 1. The van der Waals surface area contributed by atoms with Crippen LogP contribution in [0.15, 0.2) is 170 Å². The summed E-state index contributed by atoms with van der Waals surface area (Å²) in [5.74, 6) is 0. The van der Waals surface area contributed by atoms with Crippen molar-refractivity contribution in [3.8, 4) is 33.4 Å². The first kappa shape index (κ1) is 29.0. The van der Waals surface area contributed by atoms with Gasteiger partial charge in [-0.1, -0.05) is 115 Å². The number of nitrogen functional groups attached to an aromatic ring is 1. The summed E-state index contributed by atoms with van der Waals surface area (Å²) in [6, 6.07) is 48.8. The molecular weight excluding hydrogens is 548 g/mol. The molecule has 6 aromatic rings. The van der Waals surface area contributed by atoms with Crippen LogP contribution in [0, 0.1) is 10.8 Å². The Morgan fingerprint density at radius 1 is 0.444 bits per heavy atom. The van der Waals surface area contributed by atoms with Gasteiger partial charge in [0.1, 0.15) is 0 Å². The van der Waals surface area contributed by atoms with Crippen molar-refractivity contribution in [3.63, 3.8) is 0 Å². The van der Waals surface area contributed by atoms with Crippen molar-refractivity contribution in [3.05, 3.63) is 181 Å². The van der Waals surface area contributed by atoms with Crippen LogP contribution in [-0.2, 0) is 0 Å².